The Morgan fingerprint density at radius 3 is 2.94 bits per heavy atom. The molecule has 2 atom stereocenters. The van der Waals surface area contributed by atoms with Crippen molar-refractivity contribution in [2.24, 2.45) is 5.92 Å². The number of Topliss-reactive ketones (excluding diaryl/α,β-unsaturated/α-hetero) is 1. The Morgan fingerprint density at radius 2 is 2.31 bits per heavy atom. The molecule has 1 heterocycles. The highest BCUT2D eigenvalue weighted by atomic mass is 16.5. The lowest BCUT2D eigenvalue weighted by Crippen LogP contribution is -2.17. The second-order valence-corrected chi connectivity index (χ2v) is 4.71. The number of ether oxygens (including phenoxy) is 1. The molecule has 0 aromatic heterocycles. The minimum Gasteiger partial charge on any atom is -0.378 e. The summed E-state index contributed by atoms with van der Waals surface area (Å²) >= 11 is 0. The monoisotopic (exact) mass is 218 g/mol. The molecule has 0 bridgehead atoms. The molecular formula is C14H18O2. The maximum Gasteiger partial charge on any atom is 0.142 e. The van der Waals surface area contributed by atoms with Gasteiger partial charge in [-0.2, -0.15) is 0 Å². The van der Waals surface area contributed by atoms with Crippen molar-refractivity contribution in [3.63, 3.8) is 0 Å². The fraction of sp³-hybridized carbons (Fsp3) is 0.500. The third kappa shape index (κ3) is 2.70. The fourth-order valence-corrected chi connectivity index (χ4v) is 2.21. The summed E-state index contributed by atoms with van der Waals surface area (Å²) in [7, 11) is 0. The third-order valence-electron chi connectivity index (χ3n) is 3.11. The second kappa shape index (κ2) is 4.79. The van der Waals surface area contributed by atoms with Crippen LogP contribution in [0.2, 0.25) is 0 Å². The van der Waals surface area contributed by atoms with Gasteiger partial charge in [0, 0.05) is 12.3 Å². The minimum atomic E-state index is 0.107. The van der Waals surface area contributed by atoms with Crippen LogP contribution < -0.4 is 0 Å². The molecule has 16 heavy (non-hydrogen) atoms. The van der Waals surface area contributed by atoms with Crippen LogP contribution in [0.5, 0.6) is 0 Å². The Balaban J connectivity index is 1.97. The maximum atomic E-state index is 12.0. The van der Waals surface area contributed by atoms with Crippen molar-refractivity contribution in [2.75, 3.05) is 6.61 Å². The zero-order valence-electron chi connectivity index (χ0n) is 9.90. The lowest BCUT2D eigenvalue weighted by Gasteiger charge is -2.07. The molecule has 2 nitrogen and oxygen atoms in total. The number of rotatable bonds is 3. The second-order valence-electron chi connectivity index (χ2n) is 4.71. The highest BCUT2D eigenvalue weighted by Gasteiger charge is 2.27. The molecule has 86 valence electrons. The molecule has 0 amide bonds. The van der Waals surface area contributed by atoms with E-state index in [1.165, 1.54) is 5.56 Å². The zero-order chi connectivity index (χ0) is 11.5. The summed E-state index contributed by atoms with van der Waals surface area (Å²) in [6.07, 6.45) is 1.67. The van der Waals surface area contributed by atoms with Crippen LogP contribution in [0.3, 0.4) is 0 Å². The Morgan fingerprint density at radius 1 is 1.50 bits per heavy atom. The van der Waals surface area contributed by atoms with Crippen molar-refractivity contribution in [2.45, 2.75) is 32.8 Å². The fourth-order valence-electron chi connectivity index (χ4n) is 2.21. The normalized spacial score (nSPS) is 24.6. The number of hydrogen-bond donors (Lipinski definition) is 0. The van der Waals surface area contributed by atoms with Gasteiger partial charge >= 0.3 is 0 Å². The molecule has 1 aromatic carbocycles. The standard InChI is InChI=1S/C14H18O2/c1-10-4-3-5-12(6-10)8-14(15)13-7-11(2)16-9-13/h3-6,11,13H,7-9H2,1-2H3. The Bertz CT molecular complexity index is 384. The van der Waals surface area contributed by atoms with Gasteiger partial charge in [0.25, 0.3) is 0 Å². The summed E-state index contributed by atoms with van der Waals surface area (Å²) in [6, 6.07) is 8.15. The highest BCUT2D eigenvalue weighted by molar-refractivity contribution is 5.83. The molecule has 1 aromatic rings. The first-order valence-corrected chi connectivity index (χ1v) is 5.85. The average molecular weight is 218 g/mol. The average Bonchev–Trinajstić information content (AvgIpc) is 2.65. The van der Waals surface area contributed by atoms with Gasteiger partial charge in [0.2, 0.25) is 0 Å². The predicted molar refractivity (Wildman–Crippen MR) is 63.4 cm³/mol. The van der Waals surface area contributed by atoms with Gasteiger partial charge in [0.15, 0.2) is 0 Å². The summed E-state index contributed by atoms with van der Waals surface area (Å²) in [5.74, 6) is 0.422. The molecule has 0 radical (unpaired) electrons. The maximum absolute atomic E-state index is 12.0. The molecule has 0 N–H and O–H groups in total. The van der Waals surface area contributed by atoms with E-state index in [0.29, 0.717) is 18.8 Å². The van der Waals surface area contributed by atoms with Crippen LogP contribution >= 0.6 is 0 Å². The first-order valence-electron chi connectivity index (χ1n) is 5.85. The first kappa shape index (κ1) is 11.3. The topological polar surface area (TPSA) is 26.3 Å². The van der Waals surface area contributed by atoms with Crippen molar-refractivity contribution in [3.8, 4) is 0 Å². The van der Waals surface area contributed by atoms with Crippen molar-refractivity contribution in [3.05, 3.63) is 35.4 Å². The number of carbonyl (C=O) groups excluding carboxylic acids is 1. The number of benzene rings is 1. The van der Waals surface area contributed by atoms with E-state index in [1.54, 1.807) is 0 Å². The summed E-state index contributed by atoms with van der Waals surface area (Å²) in [4.78, 5) is 12.0. The molecule has 2 rings (SSSR count). The summed E-state index contributed by atoms with van der Waals surface area (Å²) in [6.45, 7) is 4.68. The Hall–Kier alpha value is -1.15. The SMILES string of the molecule is Cc1cccc(CC(=O)C2COC(C)C2)c1. The van der Waals surface area contributed by atoms with Gasteiger partial charge in [0.05, 0.1) is 12.7 Å². The smallest absolute Gasteiger partial charge is 0.142 e. The van der Waals surface area contributed by atoms with Gasteiger partial charge in [0.1, 0.15) is 5.78 Å². The molecule has 0 aliphatic carbocycles. The summed E-state index contributed by atoms with van der Waals surface area (Å²) < 4.78 is 5.43. The number of aryl methyl sites for hydroxylation is 1. The van der Waals surface area contributed by atoms with Gasteiger partial charge < -0.3 is 4.74 Å². The first-order chi connectivity index (χ1) is 7.65. The van der Waals surface area contributed by atoms with E-state index in [-0.39, 0.29) is 12.0 Å². The molecule has 0 saturated carbocycles. The van der Waals surface area contributed by atoms with Gasteiger partial charge in [-0.15, -0.1) is 0 Å². The van der Waals surface area contributed by atoms with Crippen LogP contribution in [0.1, 0.15) is 24.5 Å². The van der Waals surface area contributed by atoms with E-state index in [0.717, 1.165) is 12.0 Å². The quantitative estimate of drug-likeness (QED) is 0.779. The molecule has 2 unspecified atom stereocenters. The van der Waals surface area contributed by atoms with Crippen molar-refractivity contribution < 1.29 is 9.53 Å². The molecule has 2 heteroatoms. The van der Waals surface area contributed by atoms with Gasteiger partial charge in [-0.05, 0) is 25.8 Å². The van der Waals surface area contributed by atoms with Crippen molar-refractivity contribution in [1.29, 1.82) is 0 Å². The minimum absolute atomic E-state index is 0.107. The van der Waals surface area contributed by atoms with Gasteiger partial charge in [-0.3, -0.25) is 4.79 Å². The molecular weight excluding hydrogens is 200 g/mol. The van der Waals surface area contributed by atoms with Crippen molar-refractivity contribution >= 4 is 5.78 Å². The molecule has 1 aliphatic rings. The Labute approximate surface area is 96.6 Å². The van der Waals surface area contributed by atoms with E-state index >= 15 is 0 Å². The molecule has 1 aliphatic heterocycles. The highest BCUT2D eigenvalue weighted by Crippen LogP contribution is 2.21. The lowest BCUT2D eigenvalue weighted by atomic mass is 9.95. The van der Waals surface area contributed by atoms with E-state index in [1.807, 2.05) is 19.1 Å². The van der Waals surface area contributed by atoms with Crippen LogP contribution in [-0.2, 0) is 16.0 Å². The van der Waals surface area contributed by atoms with Crippen LogP contribution in [0, 0.1) is 12.8 Å². The molecule has 1 fully saturated rings. The van der Waals surface area contributed by atoms with Gasteiger partial charge in [-0.25, -0.2) is 0 Å². The van der Waals surface area contributed by atoms with E-state index in [4.69, 9.17) is 4.74 Å². The van der Waals surface area contributed by atoms with E-state index in [2.05, 4.69) is 19.1 Å². The number of hydrogen-bond acceptors (Lipinski definition) is 2. The summed E-state index contributed by atoms with van der Waals surface area (Å²) in [5.41, 5.74) is 2.32. The lowest BCUT2D eigenvalue weighted by molar-refractivity contribution is -0.122. The van der Waals surface area contributed by atoms with Crippen LogP contribution in [0.15, 0.2) is 24.3 Å². The predicted octanol–water partition coefficient (Wildman–Crippen LogP) is 2.53. The van der Waals surface area contributed by atoms with E-state index in [9.17, 15) is 4.79 Å². The van der Waals surface area contributed by atoms with Crippen LogP contribution in [0.4, 0.5) is 0 Å². The van der Waals surface area contributed by atoms with Crippen molar-refractivity contribution in [1.82, 2.24) is 0 Å². The zero-order valence-corrected chi connectivity index (χ0v) is 9.90. The Kier molecular flexibility index (Phi) is 3.39. The number of carbonyl (C=O) groups is 1. The largest absolute Gasteiger partial charge is 0.378 e. The van der Waals surface area contributed by atoms with Crippen LogP contribution in [0.25, 0.3) is 0 Å². The van der Waals surface area contributed by atoms with Gasteiger partial charge in [-0.1, -0.05) is 29.8 Å². The number of ketones is 1. The summed E-state index contributed by atoms with van der Waals surface area (Å²) in [5, 5.41) is 0. The molecule has 0 spiro atoms. The third-order valence-corrected chi connectivity index (χ3v) is 3.11. The van der Waals surface area contributed by atoms with E-state index < -0.39 is 0 Å². The molecule has 1 saturated heterocycles. The van der Waals surface area contributed by atoms with Crippen LogP contribution in [-0.4, -0.2) is 18.5 Å².